The molecular weight excluding hydrogens is 475 g/mol. The average molecular weight is 497 g/mol. The largest absolute Gasteiger partial charge is 0.312 e. The lowest BCUT2D eigenvalue weighted by Crippen LogP contribution is -2.13. The van der Waals surface area contributed by atoms with E-state index in [2.05, 4.69) is 15.5 Å². The molecule has 0 saturated carbocycles. The van der Waals surface area contributed by atoms with Crippen LogP contribution in [0.1, 0.15) is 38.6 Å². The maximum Gasteiger partial charge on any atom is 0.312 e. The number of carbonyl (C=O) groups is 1. The zero-order valence-electron chi connectivity index (χ0n) is 19.2. The van der Waals surface area contributed by atoms with Crippen LogP contribution in [0.25, 0.3) is 0 Å². The Labute approximate surface area is 205 Å². The monoisotopic (exact) mass is 496 g/mol. The molecule has 180 valence electrons. The van der Waals surface area contributed by atoms with Crippen LogP contribution in [0.2, 0.25) is 5.02 Å². The van der Waals surface area contributed by atoms with Crippen LogP contribution in [-0.4, -0.2) is 30.4 Å². The molecule has 0 spiro atoms. The van der Waals surface area contributed by atoms with Crippen molar-refractivity contribution in [1.82, 2.24) is 19.6 Å². The van der Waals surface area contributed by atoms with Gasteiger partial charge in [-0.1, -0.05) is 29.8 Å². The number of aryl methyl sites for hydroxylation is 2. The van der Waals surface area contributed by atoms with Crippen molar-refractivity contribution in [3.8, 4) is 0 Å². The summed E-state index contributed by atoms with van der Waals surface area (Å²) >= 11 is 6.11. The lowest BCUT2D eigenvalue weighted by Gasteiger charge is -2.08. The summed E-state index contributed by atoms with van der Waals surface area (Å²) in [6.45, 7) is 5.52. The molecule has 0 atom stereocenters. The van der Waals surface area contributed by atoms with Gasteiger partial charge >= 0.3 is 5.69 Å². The molecule has 1 N–H and O–H groups in total. The van der Waals surface area contributed by atoms with Crippen molar-refractivity contribution in [2.45, 2.75) is 33.9 Å². The second-order valence-electron chi connectivity index (χ2n) is 8.11. The Kier molecular flexibility index (Phi) is 6.65. The van der Waals surface area contributed by atoms with Gasteiger partial charge in [-0.05, 0) is 50.6 Å². The van der Waals surface area contributed by atoms with Gasteiger partial charge in [-0.2, -0.15) is 10.2 Å². The van der Waals surface area contributed by atoms with E-state index in [9.17, 15) is 19.3 Å². The van der Waals surface area contributed by atoms with Crippen molar-refractivity contribution in [3.63, 3.8) is 0 Å². The highest BCUT2D eigenvalue weighted by Crippen LogP contribution is 2.23. The minimum atomic E-state index is -0.435. The SMILES string of the molecule is Cc1nn(Cc2ccc(C(=O)Nc3cc(C)n(Cc4c(F)cccc4Cl)n3)cc2)c(C)c1[N+](=O)[O-]. The Balaban J connectivity index is 1.44. The summed E-state index contributed by atoms with van der Waals surface area (Å²) in [6.07, 6.45) is 0. The number of anilines is 1. The number of carbonyl (C=O) groups excluding carboxylic acids is 1. The van der Waals surface area contributed by atoms with Crippen molar-refractivity contribution < 1.29 is 14.1 Å². The summed E-state index contributed by atoms with van der Waals surface area (Å²) in [4.78, 5) is 23.5. The first-order chi connectivity index (χ1) is 16.6. The molecule has 1 amide bonds. The highest BCUT2D eigenvalue weighted by molar-refractivity contribution is 6.31. The molecule has 0 fully saturated rings. The van der Waals surface area contributed by atoms with Gasteiger partial charge in [0.15, 0.2) is 5.82 Å². The minimum Gasteiger partial charge on any atom is -0.305 e. The van der Waals surface area contributed by atoms with Crippen molar-refractivity contribution in [3.05, 3.63) is 103 Å². The average Bonchev–Trinajstić information content (AvgIpc) is 3.28. The van der Waals surface area contributed by atoms with Crippen molar-refractivity contribution in [2.24, 2.45) is 0 Å². The zero-order chi connectivity index (χ0) is 25.3. The Bertz CT molecular complexity index is 1410. The molecule has 0 aliphatic carbocycles. The van der Waals surface area contributed by atoms with Crippen molar-refractivity contribution in [1.29, 1.82) is 0 Å². The van der Waals surface area contributed by atoms with Gasteiger partial charge < -0.3 is 5.32 Å². The molecule has 0 aliphatic rings. The number of nitrogens with zero attached hydrogens (tertiary/aromatic N) is 5. The number of benzene rings is 2. The van der Waals surface area contributed by atoms with Gasteiger partial charge in [0.1, 0.15) is 17.2 Å². The lowest BCUT2D eigenvalue weighted by molar-refractivity contribution is -0.386. The number of hydrogen-bond acceptors (Lipinski definition) is 5. The smallest absolute Gasteiger partial charge is 0.305 e. The van der Waals surface area contributed by atoms with Crippen molar-refractivity contribution in [2.75, 3.05) is 5.32 Å². The number of aromatic nitrogens is 4. The number of nitrogens with one attached hydrogen (secondary N) is 1. The fourth-order valence-corrected chi connectivity index (χ4v) is 4.02. The molecule has 0 radical (unpaired) electrons. The van der Waals surface area contributed by atoms with E-state index in [-0.39, 0.29) is 18.1 Å². The summed E-state index contributed by atoms with van der Waals surface area (Å²) in [5, 5.41) is 22.9. The summed E-state index contributed by atoms with van der Waals surface area (Å²) in [6, 6.07) is 13.0. The van der Waals surface area contributed by atoms with E-state index in [0.29, 0.717) is 39.9 Å². The molecule has 35 heavy (non-hydrogen) atoms. The molecule has 4 aromatic rings. The van der Waals surface area contributed by atoms with E-state index in [1.54, 1.807) is 66.5 Å². The van der Waals surface area contributed by atoms with Gasteiger partial charge in [0.05, 0.1) is 18.0 Å². The van der Waals surface area contributed by atoms with Gasteiger partial charge in [-0.25, -0.2) is 4.39 Å². The Morgan fingerprint density at radius 2 is 1.80 bits per heavy atom. The Hall–Kier alpha value is -4.05. The lowest BCUT2D eigenvalue weighted by atomic mass is 10.1. The summed E-state index contributed by atoms with van der Waals surface area (Å²) < 4.78 is 17.3. The normalized spacial score (nSPS) is 11.0. The van der Waals surface area contributed by atoms with E-state index >= 15 is 0 Å². The summed E-state index contributed by atoms with van der Waals surface area (Å²) in [5.74, 6) is -0.445. The quantitative estimate of drug-likeness (QED) is 0.284. The summed E-state index contributed by atoms with van der Waals surface area (Å²) in [5.41, 5.74) is 3.14. The van der Waals surface area contributed by atoms with Crippen LogP contribution in [0.5, 0.6) is 0 Å². The first-order valence-corrected chi connectivity index (χ1v) is 11.1. The Morgan fingerprint density at radius 1 is 1.09 bits per heavy atom. The third kappa shape index (κ3) is 5.07. The maximum absolute atomic E-state index is 14.1. The summed E-state index contributed by atoms with van der Waals surface area (Å²) in [7, 11) is 0. The molecule has 2 heterocycles. The van der Waals surface area contributed by atoms with E-state index < -0.39 is 10.7 Å². The first kappa shape index (κ1) is 24.1. The highest BCUT2D eigenvalue weighted by Gasteiger charge is 2.21. The second-order valence-corrected chi connectivity index (χ2v) is 8.52. The molecule has 0 bridgehead atoms. The van der Waals surface area contributed by atoms with Crippen molar-refractivity contribution >= 4 is 29.0 Å². The fraction of sp³-hybridized carbons (Fsp3) is 0.208. The van der Waals surface area contributed by atoms with Gasteiger partial charge in [0.25, 0.3) is 5.91 Å². The van der Waals surface area contributed by atoms with Gasteiger partial charge in [0, 0.05) is 27.9 Å². The minimum absolute atomic E-state index is 0.00741. The van der Waals surface area contributed by atoms with Crippen LogP contribution < -0.4 is 5.32 Å². The molecule has 0 aliphatic heterocycles. The molecule has 9 nitrogen and oxygen atoms in total. The number of rotatable bonds is 7. The molecule has 2 aromatic carbocycles. The number of halogens is 2. The molecule has 4 rings (SSSR count). The first-order valence-electron chi connectivity index (χ1n) is 10.7. The van der Waals surface area contributed by atoms with Gasteiger partial charge in [0.2, 0.25) is 0 Å². The molecule has 0 unspecified atom stereocenters. The number of amides is 1. The molecule has 2 aromatic heterocycles. The zero-order valence-corrected chi connectivity index (χ0v) is 20.0. The topological polar surface area (TPSA) is 108 Å². The van der Waals surface area contributed by atoms with Crippen LogP contribution in [0.15, 0.2) is 48.5 Å². The highest BCUT2D eigenvalue weighted by atomic mass is 35.5. The third-order valence-corrected chi connectivity index (χ3v) is 6.02. The van der Waals surface area contributed by atoms with E-state index in [0.717, 1.165) is 11.3 Å². The van der Waals surface area contributed by atoms with Crippen LogP contribution in [0.3, 0.4) is 0 Å². The van der Waals surface area contributed by atoms with Gasteiger partial charge in [-0.3, -0.25) is 24.3 Å². The predicted octanol–water partition coefficient (Wildman–Crippen LogP) is 5.05. The van der Waals surface area contributed by atoms with Crippen LogP contribution >= 0.6 is 11.6 Å². The number of nitro groups is 1. The second kappa shape index (κ2) is 9.67. The molecule has 11 heteroatoms. The number of hydrogen-bond donors (Lipinski definition) is 1. The third-order valence-electron chi connectivity index (χ3n) is 5.67. The fourth-order valence-electron chi connectivity index (χ4n) is 3.79. The molecular formula is C24H22ClFN6O3. The Morgan fingerprint density at radius 3 is 2.43 bits per heavy atom. The predicted molar refractivity (Wildman–Crippen MR) is 129 cm³/mol. The van der Waals surface area contributed by atoms with Crippen LogP contribution in [0, 0.1) is 36.7 Å². The molecule has 0 saturated heterocycles. The standard InChI is InChI=1S/C24H22ClFN6O3/c1-14-11-22(29-30(14)13-19-20(25)5-4-6-21(19)26)27-24(33)18-9-7-17(8-10-18)12-31-16(3)23(32(34)35)15(2)28-31/h4-11H,12-13H2,1-3H3,(H,27,29,33). The van der Waals surface area contributed by atoms with E-state index in [1.165, 1.54) is 12.1 Å². The van der Waals surface area contributed by atoms with Gasteiger partial charge in [-0.15, -0.1) is 0 Å². The maximum atomic E-state index is 14.1. The van der Waals surface area contributed by atoms with Crippen LogP contribution in [0.4, 0.5) is 15.9 Å². The van der Waals surface area contributed by atoms with Crippen LogP contribution in [-0.2, 0) is 13.1 Å². The van der Waals surface area contributed by atoms with E-state index in [4.69, 9.17) is 11.6 Å². The van der Waals surface area contributed by atoms with E-state index in [1.807, 2.05) is 0 Å².